The number of para-hydroxylation sites is 1. The lowest BCUT2D eigenvalue weighted by Crippen LogP contribution is -2.23. The van der Waals surface area contributed by atoms with Crippen molar-refractivity contribution in [2.45, 2.75) is 13.1 Å². The molecule has 0 unspecified atom stereocenters. The van der Waals surface area contributed by atoms with Gasteiger partial charge in [0.05, 0.1) is 26.3 Å². The molecule has 1 heterocycles. The summed E-state index contributed by atoms with van der Waals surface area (Å²) in [5.74, 6) is 0.678. The number of nitrogens with one attached hydrogen (secondary N) is 1. The molecule has 0 saturated carbocycles. The molecule has 0 aliphatic carbocycles. The third-order valence-corrected chi connectivity index (χ3v) is 4.38. The van der Waals surface area contributed by atoms with Crippen LogP contribution in [0.2, 0.25) is 0 Å². The van der Waals surface area contributed by atoms with Crippen LogP contribution in [0.5, 0.6) is 11.5 Å². The third kappa shape index (κ3) is 4.40. The van der Waals surface area contributed by atoms with E-state index in [9.17, 15) is 9.59 Å². The van der Waals surface area contributed by atoms with Gasteiger partial charge >= 0.3 is 0 Å². The van der Waals surface area contributed by atoms with Crippen LogP contribution in [0.3, 0.4) is 0 Å². The van der Waals surface area contributed by atoms with Crippen molar-refractivity contribution in [1.29, 1.82) is 0 Å². The van der Waals surface area contributed by atoms with E-state index >= 15 is 0 Å². The summed E-state index contributed by atoms with van der Waals surface area (Å²) in [6.07, 6.45) is 1.76. The van der Waals surface area contributed by atoms with E-state index in [1.165, 1.54) is 20.3 Å². The molecule has 0 radical (unpaired) electrons. The molecule has 3 rings (SSSR count). The van der Waals surface area contributed by atoms with Gasteiger partial charge in [0.2, 0.25) is 0 Å². The van der Waals surface area contributed by atoms with E-state index in [2.05, 4.69) is 5.32 Å². The fourth-order valence-corrected chi connectivity index (χ4v) is 2.89. The number of carbonyl (C=O) groups excluding carboxylic acids is 1. The number of amides is 1. The summed E-state index contributed by atoms with van der Waals surface area (Å²) < 4.78 is 12.2. The maximum absolute atomic E-state index is 12.5. The average Bonchev–Trinajstić information content (AvgIpc) is 2.74. The van der Waals surface area contributed by atoms with Gasteiger partial charge in [-0.2, -0.15) is 0 Å². The number of ether oxygens (including phenoxy) is 2. The quantitative estimate of drug-likeness (QED) is 0.686. The largest absolute Gasteiger partial charge is 0.493 e. The monoisotopic (exact) mass is 378 g/mol. The molecule has 3 aromatic rings. The molecule has 0 atom stereocenters. The highest BCUT2D eigenvalue weighted by Crippen LogP contribution is 2.30. The second-order valence-corrected chi connectivity index (χ2v) is 6.21. The van der Waals surface area contributed by atoms with E-state index in [1.54, 1.807) is 35.0 Å². The molecule has 144 valence electrons. The Morgan fingerprint density at radius 3 is 2.36 bits per heavy atom. The second-order valence-electron chi connectivity index (χ2n) is 6.21. The van der Waals surface area contributed by atoms with Gasteiger partial charge in [0.1, 0.15) is 0 Å². The number of aromatic nitrogens is 1. The van der Waals surface area contributed by atoms with Gasteiger partial charge in [-0.15, -0.1) is 0 Å². The molecule has 0 spiro atoms. The lowest BCUT2D eigenvalue weighted by atomic mass is 10.1. The smallest absolute Gasteiger partial charge is 0.255 e. The Bertz CT molecular complexity index is 1010. The third-order valence-electron chi connectivity index (χ3n) is 4.38. The number of rotatable bonds is 7. The molecule has 0 saturated heterocycles. The summed E-state index contributed by atoms with van der Waals surface area (Å²) in [6.45, 7) is 0.887. The van der Waals surface area contributed by atoms with Crippen molar-refractivity contribution in [2.75, 3.05) is 14.2 Å². The van der Waals surface area contributed by atoms with Crippen molar-refractivity contribution in [2.24, 2.45) is 0 Å². The predicted octanol–water partition coefficient (Wildman–Crippen LogP) is 2.84. The zero-order valence-corrected chi connectivity index (χ0v) is 15.8. The number of nitrogens with zero attached hydrogens (tertiary/aromatic N) is 1. The highest BCUT2D eigenvalue weighted by atomic mass is 16.5. The molecule has 6 heteroatoms. The van der Waals surface area contributed by atoms with Gasteiger partial charge in [0.15, 0.2) is 11.5 Å². The number of benzene rings is 2. The minimum absolute atomic E-state index is 0.0360. The van der Waals surface area contributed by atoms with Crippen molar-refractivity contribution < 1.29 is 14.3 Å². The van der Waals surface area contributed by atoms with Gasteiger partial charge in [0.25, 0.3) is 11.5 Å². The Morgan fingerprint density at radius 1 is 0.929 bits per heavy atom. The minimum Gasteiger partial charge on any atom is -0.493 e. The van der Waals surface area contributed by atoms with Crippen LogP contribution in [0.25, 0.3) is 0 Å². The molecule has 6 nitrogen and oxygen atoms in total. The van der Waals surface area contributed by atoms with Crippen LogP contribution >= 0.6 is 0 Å². The first kappa shape index (κ1) is 19.2. The van der Waals surface area contributed by atoms with Crippen molar-refractivity contribution in [1.82, 2.24) is 9.88 Å². The van der Waals surface area contributed by atoms with Gasteiger partial charge in [-0.1, -0.05) is 36.4 Å². The highest BCUT2D eigenvalue weighted by molar-refractivity contribution is 5.97. The van der Waals surface area contributed by atoms with Crippen LogP contribution in [0.15, 0.2) is 71.7 Å². The maximum Gasteiger partial charge on any atom is 0.255 e. The maximum atomic E-state index is 12.5. The zero-order valence-electron chi connectivity index (χ0n) is 15.8. The van der Waals surface area contributed by atoms with Crippen LogP contribution in [0.4, 0.5) is 0 Å². The van der Waals surface area contributed by atoms with Gasteiger partial charge in [0, 0.05) is 18.8 Å². The molecular weight excluding hydrogens is 356 g/mol. The van der Waals surface area contributed by atoms with E-state index in [0.29, 0.717) is 30.2 Å². The summed E-state index contributed by atoms with van der Waals surface area (Å²) in [6, 6.07) is 18.1. The van der Waals surface area contributed by atoms with Crippen LogP contribution in [0.1, 0.15) is 21.5 Å². The summed E-state index contributed by atoms with van der Waals surface area (Å²) in [5, 5.41) is 2.89. The van der Waals surface area contributed by atoms with E-state index in [4.69, 9.17) is 9.47 Å². The Hall–Kier alpha value is -3.54. The molecule has 0 aliphatic heterocycles. The van der Waals surface area contributed by atoms with Crippen LogP contribution < -0.4 is 20.3 Å². The number of hydrogen-bond acceptors (Lipinski definition) is 4. The van der Waals surface area contributed by atoms with Gasteiger partial charge in [-0.05, 0) is 29.3 Å². The van der Waals surface area contributed by atoms with Gasteiger partial charge in [-0.25, -0.2) is 0 Å². The van der Waals surface area contributed by atoms with E-state index in [0.717, 1.165) is 11.1 Å². The first-order valence-corrected chi connectivity index (χ1v) is 8.85. The summed E-state index contributed by atoms with van der Waals surface area (Å²) in [7, 11) is 3.04. The molecule has 1 N–H and O–H groups in total. The molecular formula is C22H22N2O4. The van der Waals surface area contributed by atoms with Crippen molar-refractivity contribution in [3.05, 3.63) is 93.9 Å². The van der Waals surface area contributed by atoms with Crippen LogP contribution in [-0.4, -0.2) is 24.7 Å². The second kappa shape index (κ2) is 8.90. The number of methoxy groups -OCH3 is 2. The standard InChI is InChI=1S/C22H22N2O4/c1-27-19-7-5-6-18(21(19)28-2)22(26)23-14-16-9-11-17(12-10-16)15-24-13-4-3-8-20(24)25/h3-13H,14-15H2,1-2H3,(H,23,26). The lowest BCUT2D eigenvalue weighted by molar-refractivity contribution is 0.0947. The van der Waals surface area contributed by atoms with Crippen molar-refractivity contribution >= 4 is 5.91 Å². The SMILES string of the molecule is COc1cccc(C(=O)NCc2ccc(Cn3ccccc3=O)cc2)c1OC. The molecule has 28 heavy (non-hydrogen) atoms. The summed E-state index contributed by atoms with van der Waals surface area (Å²) in [4.78, 5) is 24.3. The van der Waals surface area contributed by atoms with Crippen LogP contribution in [0, 0.1) is 0 Å². The molecule has 2 aromatic carbocycles. The van der Waals surface area contributed by atoms with Gasteiger partial charge < -0.3 is 19.4 Å². The average molecular weight is 378 g/mol. The number of carbonyl (C=O) groups is 1. The molecule has 0 bridgehead atoms. The Kier molecular flexibility index (Phi) is 6.11. The first-order valence-electron chi connectivity index (χ1n) is 8.85. The fraction of sp³-hybridized carbons (Fsp3) is 0.182. The Labute approximate surface area is 163 Å². The van der Waals surface area contributed by atoms with Crippen molar-refractivity contribution in [3.8, 4) is 11.5 Å². The fourth-order valence-electron chi connectivity index (χ4n) is 2.89. The predicted molar refractivity (Wildman–Crippen MR) is 107 cm³/mol. The molecule has 1 aromatic heterocycles. The van der Waals surface area contributed by atoms with Crippen LogP contribution in [-0.2, 0) is 13.1 Å². The molecule has 0 fully saturated rings. The normalized spacial score (nSPS) is 10.4. The lowest BCUT2D eigenvalue weighted by Gasteiger charge is -2.13. The number of hydrogen-bond donors (Lipinski definition) is 1. The van der Waals surface area contributed by atoms with E-state index in [-0.39, 0.29) is 11.5 Å². The zero-order chi connectivity index (χ0) is 19.9. The topological polar surface area (TPSA) is 69.6 Å². The number of pyridine rings is 1. The van der Waals surface area contributed by atoms with Gasteiger partial charge in [-0.3, -0.25) is 9.59 Å². The summed E-state index contributed by atoms with van der Waals surface area (Å²) in [5.41, 5.74) is 2.35. The first-order chi connectivity index (χ1) is 13.6. The van der Waals surface area contributed by atoms with E-state index < -0.39 is 0 Å². The van der Waals surface area contributed by atoms with E-state index in [1.807, 2.05) is 30.3 Å². The molecule has 1 amide bonds. The summed E-state index contributed by atoms with van der Waals surface area (Å²) >= 11 is 0. The highest BCUT2D eigenvalue weighted by Gasteiger charge is 2.15. The molecule has 0 aliphatic rings. The Morgan fingerprint density at radius 2 is 1.68 bits per heavy atom. The Balaban J connectivity index is 1.65. The minimum atomic E-state index is -0.240. The van der Waals surface area contributed by atoms with Crippen molar-refractivity contribution in [3.63, 3.8) is 0 Å².